The summed E-state index contributed by atoms with van der Waals surface area (Å²) in [4.78, 5) is 22.5. The van der Waals surface area contributed by atoms with Gasteiger partial charge >= 0.3 is 11.9 Å². The van der Waals surface area contributed by atoms with Gasteiger partial charge in [-0.1, -0.05) is 11.6 Å². The molecule has 1 heterocycles. The summed E-state index contributed by atoms with van der Waals surface area (Å²) in [6, 6.07) is 3.72. The molecule has 0 bridgehead atoms. The van der Waals surface area contributed by atoms with Gasteiger partial charge in [0.1, 0.15) is 0 Å². The zero-order valence-electron chi connectivity index (χ0n) is 12.4. The zero-order valence-corrected chi connectivity index (χ0v) is 13.9. The maximum atomic E-state index is 12.7. The van der Waals surface area contributed by atoms with E-state index >= 15 is 0 Å². The molecule has 1 fully saturated rings. The van der Waals surface area contributed by atoms with Crippen molar-refractivity contribution >= 4 is 33.6 Å². The molecule has 0 aromatic heterocycles. The lowest BCUT2D eigenvalue weighted by atomic mass is 10.0. The Labute approximate surface area is 138 Å². The summed E-state index contributed by atoms with van der Waals surface area (Å²) in [5, 5.41) is 9.16. The molecule has 1 N–H and O–H groups in total. The first-order chi connectivity index (χ1) is 10.8. The van der Waals surface area contributed by atoms with E-state index in [0.29, 0.717) is 12.8 Å². The van der Waals surface area contributed by atoms with Crippen molar-refractivity contribution in [2.75, 3.05) is 20.2 Å². The van der Waals surface area contributed by atoms with Crippen LogP contribution in [0.3, 0.4) is 0 Å². The lowest BCUT2D eigenvalue weighted by molar-refractivity contribution is -0.142. The summed E-state index contributed by atoms with van der Waals surface area (Å²) < 4.78 is 31.1. The highest BCUT2D eigenvalue weighted by Gasteiger charge is 2.33. The maximum Gasteiger partial charge on any atom is 0.337 e. The third kappa shape index (κ3) is 3.82. The largest absolute Gasteiger partial charge is 0.481 e. The maximum absolute atomic E-state index is 12.7. The van der Waals surface area contributed by atoms with Crippen LogP contribution in [0.1, 0.15) is 23.2 Å². The Balaban J connectivity index is 2.37. The van der Waals surface area contributed by atoms with Crippen LogP contribution in [0.15, 0.2) is 23.1 Å². The van der Waals surface area contributed by atoms with Crippen LogP contribution in [0.4, 0.5) is 0 Å². The second-order valence-electron chi connectivity index (χ2n) is 5.21. The second-order valence-corrected chi connectivity index (χ2v) is 7.58. The van der Waals surface area contributed by atoms with Gasteiger partial charge in [-0.3, -0.25) is 4.79 Å². The van der Waals surface area contributed by atoms with Gasteiger partial charge in [-0.25, -0.2) is 13.2 Å². The Bertz CT molecular complexity index is 733. The Morgan fingerprint density at radius 3 is 2.65 bits per heavy atom. The number of carboxylic acid groups (broad SMARTS) is 1. The van der Waals surface area contributed by atoms with Crippen LogP contribution in [0.5, 0.6) is 0 Å². The number of rotatable bonds is 4. The first-order valence-electron chi connectivity index (χ1n) is 6.87. The molecule has 7 nitrogen and oxygen atoms in total. The number of benzene rings is 1. The monoisotopic (exact) mass is 361 g/mol. The van der Waals surface area contributed by atoms with E-state index in [9.17, 15) is 18.0 Å². The Morgan fingerprint density at radius 1 is 1.35 bits per heavy atom. The topological polar surface area (TPSA) is 101 Å². The molecule has 1 saturated heterocycles. The van der Waals surface area contributed by atoms with Crippen LogP contribution in [-0.2, 0) is 19.6 Å². The summed E-state index contributed by atoms with van der Waals surface area (Å²) in [5.74, 6) is -2.46. The fraction of sp³-hybridized carbons (Fsp3) is 0.429. The van der Waals surface area contributed by atoms with E-state index in [1.54, 1.807) is 0 Å². The normalized spacial score (nSPS) is 19.3. The van der Waals surface area contributed by atoms with Gasteiger partial charge in [0.25, 0.3) is 0 Å². The van der Waals surface area contributed by atoms with E-state index < -0.39 is 27.9 Å². The van der Waals surface area contributed by atoms with E-state index in [1.807, 2.05) is 0 Å². The average molecular weight is 362 g/mol. The predicted octanol–water partition coefficient (Wildman–Crippen LogP) is 1.61. The fourth-order valence-corrected chi connectivity index (χ4v) is 4.35. The lowest BCUT2D eigenvalue weighted by Gasteiger charge is -2.29. The minimum absolute atomic E-state index is 0.0189. The van der Waals surface area contributed by atoms with Crippen molar-refractivity contribution in [1.29, 1.82) is 0 Å². The van der Waals surface area contributed by atoms with Crippen molar-refractivity contribution in [3.63, 3.8) is 0 Å². The molecule has 0 saturated carbocycles. The highest BCUT2D eigenvalue weighted by Crippen LogP contribution is 2.26. The van der Waals surface area contributed by atoms with Crippen LogP contribution < -0.4 is 0 Å². The van der Waals surface area contributed by atoms with E-state index in [0.717, 1.165) is 4.31 Å². The Kier molecular flexibility index (Phi) is 5.28. The number of esters is 1. The van der Waals surface area contributed by atoms with Crippen LogP contribution in [-0.4, -0.2) is 50.0 Å². The summed E-state index contributed by atoms with van der Waals surface area (Å²) >= 11 is 5.89. The van der Waals surface area contributed by atoms with E-state index in [1.165, 1.54) is 25.3 Å². The number of ether oxygens (including phenoxy) is 1. The third-order valence-corrected chi connectivity index (χ3v) is 5.72. The van der Waals surface area contributed by atoms with Crippen LogP contribution >= 0.6 is 11.6 Å². The van der Waals surface area contributed by atoms with E-state index in [4.69, 9.17) is 16.7 Å². The molecule has 0 spiro atoms. The highest BCUT2D eigenvalue weighted by atomic mass is 35.5. The van der Waals surface area contributed by atoms with Crippen molar-refractivity contribution in [3.8, 4) is 0 Å². The van der Waals surface area contributed by atoms with Gasteiger partial charge in [-0.15, -0.1) is 0 Å². The summed E-state index contributed by atoms with van der Waals surface area (Å²) in [7, 11) is -2.76. The molecule has 1 aromatic carbocycles. The van der Waals surface area contributed by atoms with Crippen molar-refractivity contribution < 1.29 is 27.9 Å². The Morgan fingerprint density at radius 2 is 2.04 bits per heavy atom. The van der Waals surface area contributed by atoms with Gasteiger partial charge in [-0.2, -0.15) is 4.31 Å². The quantitative estimate of drug-likeness (QED) is 0.817. The molecule has 1 aliphatic heterocycles. The van der Waals surface area contributed by atoms with Gasteiger partial charge in [-0.05, 0) is 31.0 Å². The number of methoxy groups -OCH3 is 1. The summed E-state index contributed by atoms with van der Waals surface area (Å²) in [6.45, 7) is 0.129. The number of hydrogen-bond acceptors (Lipinski definition) is 5. The number of carboxylic acids is 1. The minimum atomic E-state index is -3.94. The number of piperidine rings is 1. The number of carbonyl (C=O) groups excluding carboxylic acids is 1. The zero-order chi connectivity index (χ0) is 17.2. The molecular formula is C14H16ClNO6S. The van der Waals surface area contributed by atoms with Gasteiger partial charge in [0.15, 0.2) is 0 Å². The number of carbonyl (C=O) groups is 2. The molecule has 1 aromatic rings. The van der Waals surface area contributed by atoms with E-state index in [2.05, 4.69) is 4.74 Å². The molecule has 2 rings (SSSR count). The minimum Gasteiger partial charge on any atom is -0.481 e. The van der Waals surface area contributed by atoms with Crippen LogP contribution in [0, 0.1) is 5.92 Å². The predicted molar refractivity (Wildman–Crippen MR) is 81.9 cm³/mol. The SMILES string of the molecule is COC(=O)c1cc(Cl)cc(S(=O)(=O)N2CCCC(C(=O)O)C2)c1. The Hall–Kier alpha value is -1.64. The smallest absolute Gasteiger partial charge is 0.337 e. The molecule has 1 atom stereocenters. The molecule has 126 valence electrons. The fourth-order valence-electron chi connectivity index (χ4n) is 2.46. The number of aliphatic carboxylic acids is 1. The number of sulfonamides is 1. The molecule has 0 radical (unpaired) electrons. The molecule has 23 heavy (non-hydrogen) atoms. The van der Waals surface area contributed by atoms with Gasteiger partial charge in [0, 0.05) is 18.1 Å². The summed E-state index contributed by atoms with van der Waals surface area (Å²) in [5.41, 5.74) is 0.0189. The first kappa shape index (κ1) is 17.7. The van der Waals surface area contributed by atoms with Crippen molar-refractivity contribution in [2.45, 2.75) is 17.7 Å². The van der Waals surface area contributed by atoms with Crippen molar-refractivity contribution in [3.05, 3.63) is 28.8 Å². The van der Waals surface area contributed by atoms with Gasteiger partial charge < -0.3 is 9.84 Å². The average Bonchev–Trinajstić information content (AvgIpc) is 2.53. The molecule has 9 heteroatoms. The molecule has 0 aliphatic carbocycles. The van der Waals surface area contributed by atoms with Gasteiger partial charge in [0.2, 0.25) is 10.0 Å². The number of hydrogen-bond donors (Lipinski definition) is 1. The van der Waals surface area contributed by atoms with Crippen molar-refractivity contribution in [2.24, 2.45) is 5.92 Å². The van der Waals surface area contributed by atoms with Crippen LogP contribution in [0.2, 0.25) is 5.02 Å². The molecule has 1 unspecified atom stereocenters. The third-order valence-electron chi connectivity index (χ3n) is 3.66. The summed E-state index contributed by atoms with van der Waals surface area (Å²) in [6.07, 6.45) is 0.894. The number of halogens is 1. The molecule has 0 amide bonds. The molecule has 1 aliphatic rings. The standard InChI is InChI=1S/C14H16ClNO6S/c1-22-14(19)10-5-11(15)7-12(6-10)23(20,21)16-4-2-3-9(8-16)13(17)18/h5-7,9H,2-4,8H2,1H3,(H,17,18). The first-order valence-corrected chi connectivity index (χ1v) is 8.69. The number of nitrogens with zero attached hydrogens (tertiary/aromatic N) is 1. The second kappa shape index (κ2) is 6.86. The van der Waals surface area contributed by atoms with Crippen molar-refractivity contribution in [1.82, 2.24) is 4.31 Å². The van der Waals surface area contributed by atoms with Gasteiger partial charge in [0.05, 0.1) is 23.5 Å². The molecular weight excluding hydrogens is 346 g/mol. The lowest BCUT2D eigenvalue weighted by Crippen LogP contribution is -2.42. The van der Waals surface area contributed by atoms with E-state index in [-0.39, 0.29) is 28.6 Å². The highest BCUT2D eigenvalue weighted by molar-refractivity contribution is 7.89. The van der Waals surface area contributed by atoms with Crippen LogP contribution in [0.25, 0.3) is 0 Å².